The van der Waals surface area contributed by atoms with Gasteiger partial charge in [0.1, 0.15) is 0 Å². The van der Waals surface area contributed by atoms with Crippen LogP contribution < -0.4 is 5.73 Å². The van der Waals surface area contributed by atoms with Crippen molar-refractivity contribution in [2.24, 2.45) is 0 Å². The average Bonchev–Trinajstić information content (AvgIpc) is 2.99. The summed E-state index contributed by atoms with van der Waals surface area (Å²) < 4.78 is 8.15. The number of ether oxygens (including phenoxy) is 1. The van der Waals surface area contributed by atoms with Gasteiger partial charge in [-0.1, -0.05) is 35.1 Å². The van der Waals surface area contributed by atoms with Gasteiger partial charge in [-0.15, -0.1) is 10.2 Å². The smallest absolute Gasteiger partial charge is 0.229 e. The van der Waals surface area contributed by atoms with Crippen LogP contribution in [0.4, 0.5) is 5.13 Å². The first-order chi connectivity index (χ1) is 12.5. The van der Waals surface area contributed by atoms with Crippen molar-refractivity contribution in [2.45, 2.75) is 23.9 Å². The zero-order valence-corrected chi connectivity index (χ0v) is 16.7. The highest BCUT2D eigenvalue weighted by Gasteiger charge is 2.25. The molecule has 1 aliphatic heterocycles. The SMILES string of the molecule is CC(=O)N(C[C@@H]1CN(Cc2cccc(Cl)c2)CCO1)Sc1nnc(N)s1. The number of carbonyl (C=O) groups is 1. The number of nitrogens with zero attached hydrogens (tertiary/aromatic N) is 4. The fourth-order valence-corrected chi connectivity index (χ4v) is 4.56. The van der Waals surface area contributed by atoms with Crippen LogP contribution in [-0.4, -0.2) is 57.7 Å². The first-order valence-electron chi connectivity index (χ1n) is 8.13. The lowest BCUT2D eigenvalue weighted by Crippen LogP contribution is -2.46. The maximum atomic E-state index is 12.0. The van der Waals surface area contributed by atoms with Gasteiger partial charge >= 0.3 is 0 Å². The second-order valence-electron chi connectivity index (χ2n) is 5.94. The molecule has 0 aliphatic carbocycles. The summed E-state index contributed by atoms with van der Waals surface area (Å²) in [6.07, 6.45) is -0.0652. The van der Waals surface area contributed by atoms with E-state index in [0.29, 0.717) is 22.6 Å². The van der Waals surface area contributed by atoms with Crippen molar-refractivity contribution in [1.82, 2.24) is 19.4 Å². The van der Waals surface area contributed by atoms with E-state index in [-0.39, 0.29) is 12.0 Å². The summed E-state index contributed by atoms with van der Waals surface area (Å²) in [7, 11) is 0. The molecule has 1 aromatic carbocycles. The Morgan fingerprint density at radius 2 is 2.38 bits per heavy atom. The van der Waals surface area contributed by atoms with Gasteiger partial charge < -0.3 is 10.5 Å². The Labute approximate surface area is 165 Å². The molecule has 0 bridgehead atoms. The summed E-state index contributed by atoms with van der Waals surface area (Å²) in [5.41, 5.74) is 6.77. The van der Waals surface area contributed by atoms with Gasteiger partial charge in [-0.2, -0.15) is 0 Å². The third-order valence-corrected chi connectivity index (χ3v) is 5.97. The van der Waals surface area contributed by atoms with Crippen LogP contribution in [0, 0.1) is 0 Å². The zero-order valence-electron chi connectivity index (χ0n) is 14.3. The Bertz CT molecular complexity index is 760. The van der Waals surface area contributed by atoms with Crippen LogP contribution >= 0.6 is 34.9 Å². The van der Waals surface area contributed by atoms with Crippen molar-refractivity contribution in [3.63, 3.8) is 0 Å². The van der Waals surface area contributed by atoms with E-state index in [9.17, 15) is 4.79 Å². The standard InChI is InChI=1S/C16H20ClN5O2S2/c1-11(23)22(26-16-20-19-15(18)25-16)10-14-9-21(5-6-24-14)8-12-3-2-4-13(17)7-12/h2-4,7,14H,5-6,8-10H2,1H3,(H2,18,19)/t14-/m0/s1. The predicted molar refractivity (Wildman–Crippen MR) is 104 cm³/mol. The second-order valence-corrected chi connectivity index (χ2v) is 8.65. The molecule has 2 heterocycles. The molecule has 1 atom stereocenters. The van der Waals surface area contributed by atoms with Crippen molar-refractivity contribution >= 4 is 45.9 Å². The quantitative estimate of drug-likeness (QED) is 0.728. The van der Waals surface area contributed by atoms with Crippen molar-refractivity contribution in [1.29, 1.82) is 0 Å². The number of halogens is 1. The maximum absolute atomic E-state index is 12.0. The van der Waals surface area contributed by atoms with Crippen LogP contribution in [0.5, 0.6) is 0 Å². The topological polar surface area (TPSA) is 84.6 Å². The molecule has 7 nitrogen and oxygen atoms in total. The first-order valence-corrected chi connectivity index (χ1v) is 10.1. The van der Waals surface area contributed by atoms with Gasteiger partial charge in [-0.3, -0.25) is 14.0 Å². The Kier molecular flexibility index (Phi) is 6.71. The van der Waals surface area contributed by atoms with E-state index in [1.807, 2.05) is 18.2 Å². The number of anilines is 1. The number of benzene rings is 1. The molecule has 1 aromatic heterocycles. The van der Waals surface area contributed by atoms with E-state index >= 15 is 0 Å². The summed E-state index contributed by atoms with van der Waals surface area (Å²) in [6.45, 7) is 5.04. The van der Waals surface area contributed by atoms with Crippen molar-refractivity contribution in [3.8, 4) is 0 Å². The number of hydrogen-bond acceptors (Lipinski definition) is 8. The molecule has 1 fully saturated rings. The summed E-state index contributed by atoms with van der Waals surface area (Å²) in [4.78, 5) is 14.3. The van der Waals surface area contributed by atoms with E-state index in [2.05, 4.69) is 21.2 Å². The fourth-order valence-electron chi connectivity index (χ4n) is 2.69. The number of hydrogen-bond donors (Lipinski definition) is 1. The summed E-state index contributed by atoms with van der Waals surface area (Å²) in [5, 5.41) is 8.86. The van der Waals surface area contributed by atoms with Crippen LogP contribution in [0.3, 0.4) is 0 Å². The fraction of sp³-hybridized carbons (Fsp3) is 0.438. The van der Waals surface area contributed by atoms with E-state index in [1.165, 1.54) is 35.8 Å². The number of aromatic nitrogens is 2. The second kappa shape index (κ2) is 9.01. The molecule has 1 amide bonds. The molecular weight excluding hydrogens is 394 g/mol. The third-order valence-electron chi connectivity index (χ3n) is 3.85. The largest absolute Gasteiger partial charge is 0.374 e. The molecule has 0 radical (unpaired) electrons. The van der Waals surface area contributed by atoms with E-state index in [0.717, 1.165) is 24.7 Å². The molecule has 2 N–H and O–H groups in total. The molecule has 0 unspecified atom stereocenters. The van der Waals surface area contributed by atoms with Gasteiger partial charge in [0.05, 0.1) is 19.3 Å². The molecule has 3 rings (SSSR count). The van der Waals surface area contributed by atoms with Crippen LogP contribution in [-0.2, 0) is 16.1 Å². The number of rotatable bonds is 6. The third kappa shape index (κ3) is 5.55. The Morgan fingerprint density at radius 3 is 3.08 bits per heavy atom. The molecule has 2 aromatic rings. The summed E-state index contributed by atoms with van der Waals surface area (Å²) in [6, 6.07) is 7.87. The van der Waals surface area contributed by atoms with Crippen LogP contribution in [0.15, 0.2) is 28.6 Å². The van der Waals surface area contributed by atoms with Crippen molar-refractivity contribution in [3.05, 3.63) is 34.9 Å². The maximum Gasteiger partial charge on any atom is 0.229 e. The average molecular weight is 414 g/mol. The van der Waals surface area contributed by atoms with Gasteiger partial charge in [-0.25, -0.2) is 0 Å². The minimum Gasteiger partial charge on any atom is -0.374 e. The molecular formula is C16H20ClN5O2S2. The lowest BCUT2D eigenvalue weighted by molar-refractivity contribution is -0.126. The molecule has 140 valence electrons. The molecule has 0 saturated carbocycles. The number of nitrogens with two attached hydrogens (primary N) is 1. The highest BCUT2D eigenvalue weighted by atomic mass is 35.5. The first kappa shape index (κ1) is 19.4. The monoisotopic (exact) mass is 413 g/mol. The normalized spacial score (nSPS) is 18.0. The van der Waals surface area contributed by atoms with Crippen LogP contribution in [0.1, 0.15) is 12.5 Å². The van der Waals surface area contributed by atoms with E-state index in [4.69, 9.17) is 22.1 Å². The molecule has 1 aliphatic rings. The van der Waals surface area contributed by atoms with Gasteiger partial charge in [0.25, 0.3) is 0 Å². The predicted octanol–water partition coefficient (Wildman–Crippen LogP) is 2.53. The molecule has 10 heteroatoms. The van der Waals surface area contributed by atoms with Crippen molar-refractivity contribution < 1.29 is 9.53 Å². The minimum atomic E-state index is -0.0652. The van der Waals surface area contributed by atoms with Gasteiger partial charge in [-0.05, 0) is 17.7 Å². The minimum absolute atomic E-state index is 0.0562. The lowest BCUT2D eigenvalue weighted by Gasteiger charge is -2.35. The number of carbonyl (C=O) groups excluding carboxylic acids is 1. The number of amides is 1. The van der Waals surface area contributed by atoms with Gasteiger partial charge in [0.15, 0.2) is 4.34 Å². The Balaban J connectivity index is 1.58. The Hall–Kier alpha value is -1.39. The van der Waals surface area contributed by atoms with Gasteiger partial charge in [0, 0.05) is 43.5 Å². The zero-order chi connectivity index (χ0) is 18.5. The number of morpholine rings is 1. The van der Waals surface area contributed by atoms with Crippen LogP contribution in [0.25, 0.3) is 0 Å². The molecule has 0 spiro atoms. The van der Waals surface area contributed by atoms with Gasteiger partial charge in [0.2, 0.25) is 11.0 Å². The lowest BCUT2D eigenvalue weighted by atomic mass is 10.2. The Morgan fingerprint density at radius 1 is 1.54 bits per heavy atom. The van der Waals surface area contributed by atoms with E-state index < -0.39 is 0 Å². The number of nitrogen functional groups attached to an aromatic ring is 1. The highest BCUT2D eigenvalue weighted by Crippen LogP contribution is 2.28. The summed E-state index contributed by atoms with van der Waals surface area (Å²) in [5.74, 6) is -0.0562. The van der Waals surface area contributed by atoms with Crippen molar-refractivity contribution in [2.75, 3.05) is 32.0 Å². The van der Waals surface area contributed by atoms with Crippen LogP contribution in [0.2, 0.25) is 5.02 Å². The molecule has 1 saturated heterocycles. The highest BCUT2D eigenvalue weighted by molar-refractivity contribution is 7.99. The van der Waals surface area contributed by atoms with E-state index in [1.54, 1.807) is 4.31 Å². The molecule has 26 heavy (non-hydrogen) atoms. The summed E-state index contributed by atoms with van der Waals surface area (Å²) >= 11 is 8.58.